The summed E-state index contributed by atoms with van der Waals surface area (Å²) >= 11 is 0. The lowest BCUT2D eigenvalue weighted by molar-refractivity contribution is -0.152. The lowest BCUT2D eigenvalue weighted by Gasteiger charge is -2.70. The topological polar surface area (TPSA) is 91.8 Å². The van der Waals surface area contributed by atoms with E-state index in [0.29, 0.717) is 16.9 Å². The summed E-state index contributed by atoms with van der Waals surface area (Å²) in [5, 5.41) is 25.8. The number of aromatic amines is 1. The number of ketones is 1. The van der Waals surface area contributed by atoms with Crippen LogP contribution in [-0.4, -0.2) is 31.5 Å². The highest BCUT2D eigenvalue weighted by atomic mass is 16.3. The van der Waals surface area contributed by atoms with Gasteiger partial charge in [-0.2, -0.15) is 5.21 Å². The number of rotatable bonds is 1. The first kappa shape index (κ1) is 22.9. The fourth-order valence-electron chi connectivity index (χ4n) is 9.08. The van der Waals surface area contributed by atoms with E-state index in [9.17, 15) is 9.90 Å². The van der Waals surface area contributed by atoms with Gasteiger partial charge in [-0.05, 0) is 91.3 Å². The molecule has 0 unspecified atom stereocenters. The predicted octanol–water partition coefficient (Wildman–Crippen LogP) is 6.08. The number of aliphatic hydroxyl groups excluding tert-OH is 1. The number of carbonyl (C=O) groups is 1. The van der Waals surface area contributed by atoms with Crippen molar-refractivity contribution in [2.24, 2.45) is 27.6 Å². The fourth-order valence-corrected chi connectivity index (χ4v) is 9.08. The number of tetrazole rings is 1. The third kappa shape index (κ3) is 2.71. The molecule has 6 nitrogen and oxygen atoms in total. The van der Waals surface area contributed by atoms with Crippen LogP contribution in [-0.2, 0) is 10.2 Å². The van der Waals surface area contributed by atoms with Crippen LogP contribution in [0.5, 0.6) is 0 Å². The molecular weight excluding hydrogens is 436 g/mol. The number of nitrogens with one attached hydrogen (secondary N) is 1. The van der Waals surface area contributed by atoms with Gasteiger partial charge < -0.3 is 5.11 Å². The molecular formula is C29H38N4O2. The van der Waals surface area contributed by atoms with Crippen molar-refractivity contribution >= 4 is 5.78 Å². The first-order valence-electron chi connectivity index (χ1n) is 13.2. The average Bonchev–Trinajstić information content (AvgIpc) is 3.37. The van der Waals surface area contributed by atoms with E-state index in [-0.39, 0.29) is 33.2 Å². The molecule has 6 atom stereocenters. The lowest BCUT2D eigenvalue weighted by atomic mass is 9.34. The molecule has 3 fully saturated rings. The highest BCUT2D eigenvalue weighted by molar-refractivity contribution is 6.06. The highest BCUT2D eigenvalue weighted by Crippen LogP contribution is 2.75. The second-order valence-electron chi connectivity index (χ2n) is 13.3. The lowest BCUT2D eigenvalue weighted by Crippen LogP contribution is -2.62. The smallest absolute Gasteiger partial charge is 0.220 e. The Morgan fingerprint density at radius 3 is 2.46 bits per heavy atom. The molecule has 1 aromatic heterocycles. The van der Waals surface area contributed by atoms with Crippen LogP contribution in [0.3, 0.4) is 0 Å². The molecule has 0 aromatic carbocycles. The van der Waals surface area contributed by atoms with E-state index in [1.54, 1.807) is 6.08 Å². The van der Waals surface area contributed by atoms with Crippen molar-refractivity contribution in [3.05, 3.63) is 52.1 Å². The van der Waals surface area contributed by atoms with Crippen molar-refractivity contribution in [3.63, 3.8) is 0 Å². The Morgan fingerprint density at radius 2 is 1.74 bits per heavy atom. The van der Waals surface area contributed by atoms with E-state index in [1.165, 1.54) is 24.8 Å². The molecule has 0 saturated heterocycles. The standard InChI is InChI=1S/C29H38N4O2/c1-17-18-7-8-21-27(4,19(18)15-20(34)23(17)35)12-14-29(6)22-16-26(3,24-30-32-33-31-24)10-9-25(22,2)11-13-28(21,29)5/h7-8,15,22,35H,9-14,16H2,1-6H3,(H,30,31,32,33)/t22-,25-,26-,27+,28-,29+/m1/s1. The maximum Gasteiger partial charge on any atom is 0.220 e. The number of hydrogen-bond acceptors (Lipinski definition) is 5. The monoisotopic (exact) mass is 474 g/mol. The van der Waals surface area contributed by atoms with Gasteiger partial charge in [0.05, 0.1) is 0 Å². The third-order valence-corrected chi connectivity index (χ3v) is 11.8. The van der Waals surface area contributed by atoms with Crippen molar-refractivity contribution in [2.45, 2.75) is 91.9 Å². The van der Waals surface area contributed by atoms with E-state index in [1.807, 2.05) is 6.92 Å². The van der Waals surface area contributed by atoms with Crippen molar-refractivity contribution in [3.8, 4) is 0 Å². The van der Waals surface area contributed by atoms with Crippen LogP contribution in [0.4, 0.5) is 0 Å². The van der Waals surface area contributed by atoms with Gasteiger partial charge >= 0.3 is 0 Å². The molecule has 6 rings (SSSR count). The van der Waals surface area contributed by atoms with Crippen molar-refractivity contribution < 1.29 is 9.90 Å². The van der Waals surface area contributed by atoms with E-state index >= 15 is 0 Å². The number of H-pyrrole nitrogens is 1. The molecule has 0 bridgehead atoms. The van der Waals surface area contributed by atoms with Crippen LogP contribution in [0.1, 0.15) is 92.3 Å². The summed E-state index contributed by atoms with van der Waals surface area (Å²) in [5.74, 6) is 1.04. The summed E-state index contributed by atoms with van der Waals surface area (Å²) in [7, 11) is 0. The molecule has 1 heterocycles. The van der Waals surface area contributed by atoms with Crippen LogP contribution in [0.15, 0.2) is 46.3 Å². The molecule has 6 heteroatoms. The zero-order valence-corrected chi connectivity index (χ0v) is 22.0. The molecule has 2 N–H and O–H groups in total. The molecule has 0 amide bonds. The van der Waals surface area contributed by atoms with Crippen molar-refractivity contribution in [2.75, 3.05) is 0 Å². The molecule has 0 spiro atoms. The SMILES string of the molecule is CC1=C(O)C(=O)C=C2C1=CC=C1[C@@]2(C)CC[C@@]2(C)[C@@H]3C[C@](C)(c4nn[nH]n4)CC[C@]3(C)CC[C@]12C. The number of allylic oxidation sites excluding steroid dienone is 7. The second-order valence-corrected chi connectivity index (χ2v) is 13.3. The summed E-state index contributed by atoms with van der Waals surface area (Å²) in [6.45, 7) is 14.1. The Bertz CT molecular complexity index is 1260. The molecule has 3 saturated carbocycles. The van der Waals surface area contributed by atoms with Gasteiger partial charge in [0.1, 0.15) is 0 Å². The minimum atomic E-state index is -0.255. The second kappa shape index (κ2) is 6.83. The first-order chi connectivity index (χ1) is 16.4. The highest BCUT2D eigenvalue weighted by Gasteiger charge is 2.67. The zero-order chi connectivity index (χ0) is 25.0. The number of fused-ring (bicyclic) bond motifs is 7. The Balaban J connectivity index is 1.47. The van der Waals surface area contributed by atoms with Gasteiger partial charge in [-0.25, -0.2) is 0 Å². The summed E-state index contributed by atoms with van der Waals surface area (Å²) in [4.78, 5) is 12.7. The number of aromatic nitrogens is 4. The largest absolute Gasteiger partial charge is 0.504 e. The minimum Gasteiger partial charge on any atom is -0.504 e. The van der Waals surface area contributed by atoms with Crippen molar-refractivity contribution in [1.82, 2.24) is 20.6 Å². The molecule has 0 radical (unpaired) electrons. The van der Waals surface area contributed by atoms with Crippen LogP contribution in [0.25, 0.3) is 0 Å². The molecule has 186 valence electrons. The zero-order valence-electron chi connectivity index (χ0n) is 22.0. The van der Waals surface area contributed by atoms with E-state index in [2.05, 4.69) is 67.4 Å². The van der Waals surface area contributed by atoms with E-state index in [4.69, 9.17) is 0 Å². The van der Waals surface area contributed by atoms with Gasteiger partial charge in [0.2, 0.25) is 5.78 Å². The Hall–Kier alpha value is -2.50. The Kier molecular flexibility index (Phi) is 4.48. The summed E-state index contributed by atoms with van der Waals surface area (Å²) in [6, 6.07) is 0. The van der Waals surface area contributed by atoms with E-state index < -0.39 is 0 Å². The van der Waals surface area contributed by atoms with Crippen LogP contribution in [0.2, 0.25) is 0 Å². The molecule has 5 aliphatic carbocycles. The maximum absolute atomic E-state index is 12.7. The summed E-state index contributed by atoms with van der Waals surface area (Å²) in [6.07, 6.45) is 14.1. The molecule has 0 aliphatic heterocycles. The first-order valence-corrected chi connectivity index (χ1v) is 13.2. The van der Waals surface area contributed by atoms with Gasteiger partial charge in [0, 0.05) is 16.4 Å². The van der Waals surface area contributed by atoms with Crippen molar-refractivity contribution in [1.29, 1.82) is 0 Å². The van der Waals surface area contributed by atoms with Crippen LogP contribution < -0.4 is 0 Å². The third-order valence-electron chi connectivity index (χ3n) is 11.8. The average molecular weight is 475 g/mol. The fraction of sp³-hybridized carbons (Fsp3) is 0.655. The quantitative estimate of drug-likeness (QED) is 0.515. The van der Waals surface area contributed by atoms with Gasteiger partial charge in [-0.15, -0.1) is 10.2 Å². The number of carbonyl (C=O) groups excluding carboxylic acids is 1. The number of aliphatic hydroxyl groups is 1. The van der Waals surface area contributed by atoms with Gasteiger partial charge in [-0.3, -0.25) is 4.79 Å². The Labute approximate surface area is 208 Å². The van der Waals surface area contributed by atoms with Gasteiger partial charge in [0.25, 0.3) is 0 Å². The molecule has 1 aromatic rings. The number of nitrogens with zero attached hydrogens (tertiary/aromatic N) is 3. The molecule has 35 heavy (non-hydrogen) atoms. The maximum atomic E-state index is 12.7. The minimum absolute atomic E-state index is 0.0305. The predicted molar refractivity (Wildman–Crippen MR) is 134 cm³/mol. The summed E-state index contributed by atoms with van der Waals surface area (Å²) < 4.78 is 0. The van der Waals surface area contributed by atoms with E-state index in [0.717, 1.165) is 42.7 Å². The van der Waals surface area contributed by atoms with Gasteiger partial charge in [0.15, 0.2) is 11.6 Å². The van der Waals surface area contributed by atoms with Crippen LogP contribution >= 0.6 is 0 Å². The Morgan fingerprint density at radius 1 is 1.00 bits per heavy atom. The number of hydrogen-bond donors (Lipinski definition) is 2. The molecule has 5 aliphatic rings. The van der Waals surface area contributed by atoms with Crippen LogP contribution in [0, 0.1) is 27.6 Å². The summed E-state index contributed by atoms with van der Waals surface area (Å²) in [5.41, 5.74) is 4.55. The normalized spacial score (nSPS) is 44.9. The van der Waals surface area contributed by atoms with Gasteiger partial charge in [-0.1, -0.05) is 57.6 Å².